The van der Waals surface area contributed by atoms with Gasteiger partial charge in [-0.15, -0.1) is 0 Å². The van der Waals surface area contributed by atoms with Crippen molar-refractivity contribution < 1.29 is 9.72 Å². The Balaban J connectivity index is 2.44. The van der Waals surface area contributed by atoms with E-state index in [0.717, 1.165) is 22.3 Å². The molecule has 0 spiro atoms. The minimum absolute atomic E-state index is 0.294. The molecule has 0 atom stereocenters. The number of hydrogen-bond acceptors (Lipinski definition) is 3. The summed E-state index contributed by atoms with van der Waals surface area (Å²) in [7, 11) is 1.58. The zero-order valence-electron chi connectivity index (χ0n) is 12.7. The normalized spacial score (nSPS) is 10.1. The van der Waals surface area contributed by atoms with Crippen LogP contribution in [0.5, 0.6) is 5.88 Å². The molecule has 2 aromatic carbocycles. The number of ether oxygens (including phenoxy) is 1. The van der Waals surface area contributed by atoms with Gasteiger partial charge in [0.1, 0.15) is 11.6 Å². The van der Waals surface area contributed by atoms with Crippen molar-refractivity contribution >= 4 is 5.82 Å². The van der Waals surface area contributed by atoms with Gasteiger partial charge in [-0.05, 0) is 11.1 Å². The number of nitrogens with two attached hydrogens (primary N) is 1. The number of aromatic nitrogens is 1. The Labute approximate surface area is 134 Å². The average molecular weight is 302 g/mol. The van der Waals surface area contributed by atoms with Gasteiger partial charge in [-0.2, -0.15) is 5.26 Å². The maximum atomic E-state index is 9.60. The van der Waals surface area contributed by atoms with E-state index in [1.807, 2.05) is 60.7 Å². The minimum Gasteiger partial charge on any atom is -0.465 e. The maximum absolute atomic E-state index is 9.60. The van der Waals surface area contributed by atoms with Gasteiger partial charge in [0.25, 0.3) is 11.7 Å². The summed E-state index contributed by atoms with van der Waals surface area (Å²) >= 11 is 0. The molecule has 0 aliphatic carbocycles. The first-order chi connectivity index (χ1) is 11.3. The predicted molar refractivity (Wildman–Crippen MR) is 89.5 cm³/mol. The van der Waals surface area contributed by atoms with Gasteiger partial charge in [-0.3, -0.25) is 5.73 Å². The van der Waals surface area contributed by atoms with Crippen LogP contribution in [0.1, 0.15) is 5.56 Å². The van der Waals surface area contributed by atoms with Gasteiger partial charge in [0.15, 0.2) is 0 Å². The number of H-pyrrole nitrogens is 1. The van der Waals surface area contributed by atoms with Crippen LogP contribution in [0.4, 0.5) is 5.82 Å². The third-order valence-corrected chi connectivity index (χ3v) is 3.69. The number of nitriles is 1. The highest BCUT2D eigenvalue weighted by molar-refractivity contribution is 5.91. The molecule has 0 aliphatic heterocycles. The first kappa shape index (κ1) is 14.6. The smallest absolute Gasteiger partial charge is 0.291 e. The minimum atomic E-state index is 0.294. The first-order valence-electron chi connectivity index (χ1n) is 7.20. The van der Waals surface area contributed by atoms with Crippen molar-refractivity contribution in [1.82, 2.24) is 0 Å². The molecule has 112 valence electrons. The van der Waals surface area contributed by atoms with Gasteiger partial charge in [0, 0.05) is 5.56 Å². The Kier molecular flexibility index (Phi) is 3.94. The number of nitrogens with one attached hydrogen (secondary N) is 1. The zero-order chi connectivity index (χ0) is 16.2. The highest BCUT2D eigenvalue weighted by atomic mass is 16.5. The van der Waals surface area contributed by atoms with Crippen LogP contribution in [0, 0.1) is 11.3 Å². The van der Waals surface area contributed by atoms with Crippen molar-refractivity contribution in [3.63, 3.8) is 0 Å². The van der Waals surface area contributed by atoms with Crippen LogP contribution in [0.15, 0.2) is 60.7 Å². The molecule has 0 unspecified atom stereocenters. The zero-order valence-corrected chi connectivity index (χ0v) is 12.7. The Bertz CT molecular complexity index is 869. The van der Waals surface area contributed by atoms with Crippen molar-refractivity contribution in [2.45, 2.75) is 0 Å². The SMILES string of the molecule is COc1[nH+]c(N)c(C#N)c(-c2ccccc2)c1-c1ccccc1. The lowest BCUT2D eigenvalue weighted by Crippen LogP contribution is -2.18. The molecule has 0 bridgehead atoms. The number of nitrogens with zero attached hydrogens (tertiary/aromatic N) is 1. The van der Waals surface area contributed by atoms with Crippen molar-refractivity contribution in [2.24, 2.45) is 0 Å². The number of aromatic amines is 1. The third kappa shape index (κ3) is 2.60. The van der Waals surface area contributed by atoms with Crippen LogP contribution in [0.2, 0.25) is 0 Å². The largest absolute Gasteiger partial charge is 0.465 e. The van der Waals surface area contributed by atoms with Crippen molar-refractivity contribution in [3.05, 3.63) is 66.2 Å². The summed E-state index contributed by atoms with van der Waals surface area (Å²) in [5, 5.41) is 9.60. The molecule has 0 fully saturated rings. The fourth-order valence-corrected chi connectivity index (χ4v) is 2.66. The predicted octanol–water partition coefficient (Wildman–Crippen LogP) is 3.30. The van der Waals surface area contributed by atoms with Crippen LogP contribution < -0.4 is 15.5 Å². The van der Waals surface area contributed by atoms with Gasteiger partial charge in [-0.25, -0.2) is 4.98 Å². The van der Waals surface area contributed by atoms with Crippen LogP contribution in [0.3, 0.4) is 0 Å². The van der Waals surface area contributed by atoms with Gasteiger partial charge < -0.3 is 4.74 Å². The van der Waals surface area contributed by atoms with Gasteiger partial charge in [0.2, 0.25) is 0 Å². The van der Waals surface area contributed by atoms with Crippen LogP contribution in [0.25, 0.3) is 22.3 Å². The molecule has 4 heteroatoms. The molecule has 0 radical (unpaired) electrons. The Morgan fingerprint density at radius 1 is 0.913 bits per heavy atom. The first-order valence-corrected chi connectivity index (χ1v) is 7.20. The van der Waals surface area contributed by atoms with E-state index in [1.54, 1.807) is 7.11 Å². The van der Waals surface area contributed by atoms with Gasteiger partial charge in [-0.1, -0.05) is 60.7 Å². The summed E-state index contributed by atoms with van der Waals surface area (Å²) in [6.45, 7) is 0. The van der Waals surface area contributed by atoms with E-state index in [1.165, 1.54) is 0 Å². The Hall–Kier alpha value is -3.32. The molecule has 3 aromatic rings. The number of benzene rings is 2. The number of pyridine rings is 1. The van der Waals surface area contributed by atoms with Crippen molar-refractivity contribution in [1.29, 1.82) is 5.26 Å². The molecule has 1 aromatic heterocycles. The van der Waals surface area contributed by atoms with E-state index in [4.69, 9.17) is 10.5 Å². The lowest BCUT2D eigenvalue weighted by molar-refractivity contribution is -0.375. The fraction of sp³-hybridized carbons (Fsp3) is 0.0526. The second-order valence-electron chi connectivity index (χ2n) is 5.04. The molecule has 0 aliphatic rings. The molecule has 1 heterocycles. The molecular formula is C19H16N3O+. The highest BCUT2D eigenvalue weighted by Gasteiger charge is 2.24. The molecule has 23 heavy (non-hydrogen) atoms. The molecular weight excluding hydrogens is 286 g/mol. The fourth-order valence-electron chi connectivity index (χ4n) is 2.66. The Morgan fingerprint density at radius 3 is 1.91 bits per heavy atom. The van der Waals surface area contributed by atoms with Crippen molar-refractivity contribution in [3.8, 4) is 34.2 Å². The van der Waals surface area contributed by atoms with Crippen LogP contribution in [-0.2, 0) is 0 Å². The van der Waals surface area contributed by atoms with Crippen molar-refractivity contribution in [2.75, 3.05) is 12.8 Å². The summed E-state index contributed by atoms with van der Waals surface area (Å²) in [4.78, 5) is 2.99. The summed E-state index contributed by atoms with van der Waals surface area (Å²) in [5.74, 6) is 0.828. The topological polar surface area (TPSA) is 73.2 Å². The molecule has 4 nitrogen and oxygen atoms in total. The van der Waals surface area contributed by atoms with E-state index >= 15 is 0 Å². The summed E-state index contributed by atoms with van der Waals surface area (Å²) in [6.07, 6.45) is 0. The lowest BCUT2D eigenvalue weighted by Gasteiger charge is -2.14. The molecule has 3 N–H and O–H groups in total. The number of hydrogen-bond donors (Lipinski definition) is 1. The van der Waals surface area contributed by atoms with E-state index < -0.39 is 0 Å². The summed E-state index contributed by atoms with van der Waals surface area (Å²) < 4.78 is 5.50. The number of rotatable bonds is 3. The maximum Gasteiger partial charge on any atom is 0.291 e. The second-order valence-corrected chi connectivity index (χ2v) is 5.04. The standard InChI is InChI=1S/C19H15N3O/c1-23-19-17(14-10-6-3-7-11-14)16(13-8-4-2-5-9-13)15(12-20)18(21)22-19/h2-11H,1H3,(H2,21,22)/p+1. The van der Waals surface area contributed by atoms with E-state index in [0.29, 0.717) is 17.3 Å². The number of anilines is 1. The van der Waals surface area contributed by atoms with E-state index in [9.17, 15) is 5.26 Å². The molecule has 0 saturated carbocycles. The summed E-state index contributed by atoms with van der Waals surface area (Å²) in [5.41, 5.74) is 9.92. The highest BCUT2D eigenvalue weighted by Crippen LogP contribution is 2.40. The lowest BCUT2D eigenvalue weighted by atomic mass is 9.92. The van der Waals surface area contributed by atoms with E-state index in [2.05, 4.69) is 11.1 Å². The molecule has 0 saturated heterocycles. The quantitative estimate of drug-likeness (QED) is 0.806. The monoisotopic (exact) mass is 302 g/mol. The number of nitrogen functional groups attached to an aromatic ring is 1. The molecule has 3 rings (SSSR count). The number of methoxy groups -OCH3 is 1. The van der Waals surface area contributed by atoms with Gasteiger partial charge >= 0.3 is 0 Å². The molecule has 0 amide bonds. The van der Waals surface area contributed by atoms with E-state index in [-0.39, 0.29) is 0 Å². The van der Waals surface area contributed by atoms with Crippen LogP contribution >= 0.6 is 0 Å². The summed E-state index contributed by atoms with van der Waals surface area (Å²) in [6, 6.07) is 21.8. The third-order valence-electron chi connectivity index (χ3n) is 3.69. The Morgan fingerprint density at radius 2 is 1.43 bits per heavy atom. The second kappa shape index (κ2) is 6.20. The average Bonchev–Trinajstić information content (AvgIpc) is 2.62. The van der Waals surface area contributed by atoms with Gasteiger partial charge in [0.05, 0.1) is 12.7 Å². The van der Waals surface area contributed by atoms with Crippen LogP contribution in [-0.4, -0.2) is 7.11 Å².